The maximum Gasteiger partial charge on any atom is 0.286 e. The van der Waals surface area contributed by atoms with Gasteiger partial charge in [-0.05, 0) is 61.2 Å². The Balaban J connectivity index is 1.70. The molecule has 0 saturated carbocycles. The molecule has 1 saturated heterocycles. The van der Waals surface area contributed by atoms with E-state index >= 15 is 0 Å². The molecule has 6 heteroatoms. The predicted octanol–water partition coefficient (Wildman–Crippen LogP) is 4.33. The van der Waals surface area contributed by atoms with Crippen LogP contribution in [0.25, 0.3) is 6.08 Å². The van der Waals surface area contributed by atoms with Crippen molar-refractivity contribution in [3.8, 4) is 11.5 Å². The minimum Gasteiger partial charge on any atom is -0.493 e. The minimum absolute atomic E-state index is 0.155. The second-order valence-electron chi connectivity index (χ2n) is 6.47. The second-order valence-corrected chi connectivity index (χ2v) is 7.48. The summed E-state index contributed by atoms with van der Waals surface area (Å²) in [5.74, 6) is 1.26. The quantitative estimate of drug-likeness (QED) is 0.548. The number of amides is 1. The summed E-state index contributed by atoms with van der Waals surface area (Å²) in [5.41, 5.74) is 0.913. The zero-order chi connectivity index (χ0) is 18.4. The maximum absolute atomic E-state index is 12.3. The fraction of sp³-hybridized carbons (Fsp3) is 0.500. The summed E-state index contributed by atoms with van der Waals surface area (Å²) in [6.45, 7) is 4.79. The molecule has 0 aromatic heterocycles. The number of benzene rings is 1. The topological polar surface area (TPSA) is 51.1 Å². The number of methoxy groups -OCH3 is 1. The van der Waals surface area contributed by atoms with Crippen LogP contribution in [0.4, 0.5) is 0 Å². The van der Waals surface area contributed by atoms with Crippen LogP contribution in [0.1, 0.15) is 44.6 Å². The van der Waals surface area contributed by atoms with Gasteiger partial charge in [0.15, 0.2) is 16.7 Å². The van der Waals surface area contributed by atoms with Crippen molar-refractivity contribution in [1.29, 1.82) is 0 Å². The van der Waals surface area contributed by atoms with Crippen LogP contribution >= 0.6 is 11.8 Å². The van der Waals surface area contributed by atoms with Crippen LogP contribution in [0.15, 0.2) is 28.1 Å². The van der Waals surface area contributed by atoms with E-state index < -0.39 is 0 Å². The van der Waals surface area contributed by atoms with Gasteiger partial charge in [-0.1, -0.05) is 19.4 Å². The van der Waals surface area contributed by atoms with Crippen molar-refractivity contribution in [3.05, 3.63) is 28.7 Å². The number of carbonyl (C=O) groups is 1. The molecule has 2 aliphatic heterocycles. The van der Waals surface area contributed by atoms with Gasteiger partial charge in [-0.3, -0.25) is 4.79 Å². The van der Waals surface area contributed by atoms with Crippen molar-refractivity contribution < 1.29 is 14.3 Å². The number of piperidine rings is 1. The summed E-state index contributed by atoms with van der Waals surface area (Å²) in [7, 11) is 1.63. The van der Waals surface area contributed by atoms with Crippen LogP contribution in [0, 0.1) is 0 Å². The maximum atomic E-state index is 12.3. The van der Waals surface area contributed by atoms with Crippen LogP contribution in [0.3, 0.4) is 0 Å². The van der Waals surface area contributed by atoms with Crippen LogP contribution < -0.4 is 9.47 Å². The van der Waals surface area contributed by atoms with Gasteiger partial charge >= 0.3 is 0 Å². The molecule has 1 aromatic rings. The van der Waals surface area contributed by atoms with Gasteiger partial charge in [0.2, 0.25) is 0 Å². The SMILES string of the molecule is CCCCOc1ccc(/C=C2/SC(N3CCCCC3)=NC2=O)cc1OC. The second kappa shape index (κ2) is 9.12. The van der Waals surface area contributed by atoms with E-state index in [0.717, 1.165) is 42.4 Å². The summed E-state index contributed by atoms with van der Waals surface area (Å²) in [4.78, 5) is 19.4. The Kier molecular flexibility index (Phi) is 6.61. The number of amidine groups is 1. The number of rotatable bonds is 6. The lowest BCUT2D eigenvalue weighted by atomic mass is 10.1. The molecule has 0 N–H and O–H groups in total. The number of carbonyl (C=O) groups excluding carboxylic acids is 1. The van der Waals surface area contributed by atoms with E-state index in [9.17, 15) is 4.79 Å². The van der Waals surface area contributed by atoms with E-state index in [4.69, 9.17) is 9.47 Å². The van der Waals surface area contributed by atoms with E-state index in [1.807, 2.05) is 24.3 Å². The summed E-state index contributed by atoms with van der Waals surface area (Å²) >= 11 is 1.47. The van der Waals surface area contributed by atoms with Crippen LogP contribution in [-0.4, -0.2) is 42.8 Å². The van der Waals surface area contributed by atoms with Gasteiger partial charge in [0.25, 0.3) is 5.91 Å². The van der Waals surface area contributed by atoms with Crippen LogP contribution in [0.2, 0.25) is 0 Å². The van der Waals surface area contributed by atoms with Crippen molar-refractivity contribution in [2.75, 3.05) is 26.8 Å². The van der Waals surface area contributed by atoms with Gasteiger partial charge in [-0.15, -0.1) is 0 Å². The van der Waals surface area contributed by atoms with E-state index in [-0.39, 0.29) is 5.91 Å². The zero-order valence-electron chi connectivity index (χ0n) is 15.5. The van der Waals surface area contributed by atoms with E-state index in [2.05, 4.69) is 16.8 Å². The smallest absolute Gasteiger partial charge is 0.286 e. The molecule has 2 aliphatic rings. The van der Waals surface area contributed by atoms with Gasteiger partial charge in [0, 0.05) is 13.1 Å². The third-order valence-electron chi connectivity index (χ3n) is 4.48. The molecule has 1 amide bonds. The van der Waals surface area contributed by atoms with Crippen molar-refractivity contribution >= 4 is 28.9 Å². The molecule has 0 radical (unpaired) electrons. The first-order chi connectivity index (χ1) is 12.7. The number of ether oxygens (including phenoxy) is 2. The molecule has 140 valence electrons. The Labute approximate surface area is 159 Å². The molecule has 26 heavy (non-hydrogen) atoms. The van der Waals surface area contributed by atoms with E-state index in [0.29, 0.717) is 17.3 Å². The Morgan fingerprint density at radius 2 is 2.04 bits per heavy atom. The molecule has 0 unspecified atom stereocenters. The normalized spacial score (nSPS) is 19.0. The van der Waals surface area contributed by atoms with Gasteiger partial charge in [0.05, 0.1) is 18.6 Å². The fourth-order valence-electron chi connectivity index (χ4n) is 2.99. The number of hydrogen-bond acceptors (Lipinski definition) is 5. The van der Waals surface area contributed by atoms with Crippen molar-refractivity contribution in [2.24, 2.45) is 4.99 Å². The Morgan fingerprint density at radius 3 is 2.77 bits per heavy atom. The summed E-state index contributed by atoms with van der Waals surface area (Å²) in [6, 6.07) is 5.75. The number of unbranched alkanes of at least 4 members (excludes halogenated alkanes) is 1. The molecule has 1 fully saturated rings. The lowest BCUT2D eigenvalue weighted by Crippen LogP contribution is -2.33. The molecule has 3 rings (SSSR count). The number of thioether (sulfide) groups is 1. The molecule has 0 aliphatic carbocycles. The molecule has 5 nitrogen and oxygen atoms in total. The first-order valence-electron chi connectivity index (χ1n) is 9.29. The Bertz CT molecular complexity index is 709. The predicted molar refractivity (Wildman–Crippen MR) is 107 cm³/mol. The third kappa shape index (κ3) is 4.61. The number of nitrogens with zero attached hydrogens (tertiary/aromatic N) is 2. The largest absolute Gasteiger partial charge is 0.493 e. The molecular formula is C20H26N2O3S. The van der Waals surface area contributed by atoms with Crippen LogP contribution in [-0.2, 0) is 4.79 Å². The fourth-order valence-corrected chi connectivity index (χ4v) is 3.95. The van der Waals surface area contributed by atoms with Gasteiger partial charge in [0.1, 0.15) is 0 Å². The zero-order valence-corrected chi connectivity index (χ0v) is 16.3. The van der Waals surface area contributed by atoms with Crippen molar-refractivity contribution in [1.82, 2.24) is 4.90 Å². The number of likely N-dealkylation sites (tertiary alicyclic amines) is 1. The first-order valence-corrected chi connectivity index (χ1v) is 10.1. The lowest BCUT2D eigenvalue weighted by molar-refractivity contribution is -0.113. The Hall–Kier alpha value is -1.95. The highest BCUT2D eigenvalue weighted by Crippen LogP contribution is 2.34. The molecule has 0 atom stereocenters. The summed E-state index contributed by atoms with van der Waals surface area (Å²) in [5, 5.41) is 0.840. The average Bonchev–Trinajstić information content (AvgIpc) is 3.04. The van der Waals surface area contributed by atoms with Gasteiger partial charge in [-0.25, -0.2) is 0 Å². The summed E-state index contributed by atoms with van der Waals surface area (Å²) < 4.78 is 11.2. The average molecular weight is 375 g/mol. The third-order valence-corrected chi connectivity index (χ3v) is 5.52. The molecule has 1 aromatic carbocycles. The standard InChI is InChI=1S/C20H26N2O3S/c1-3-4-12-25-16-9-8-15(13-17(16)24-2)14-18-19(23)21-20(26-18)22-10-6-5-7-11-22/h8-9,13-14H,3-7,10-12H2,1-2H3/b18-14+. The molecular weight excluding hydrogens is 348 g/mol. The summed E-state index contributed by atoms with van der Waals surface area (Å²) in [6.07, 6.45) is 7.58. The lowest BCUT2D eigenvalue weighted by Gasteiger charge is -2.27. The van der Waals surface area contributed by atoms with Crippen molar-refractivity contribution in [3.63, 3.8) is 0 Å². The van der Waals surface area contributed by atoms with Gasteiger partial charge in [-0.2, -0.15) is 4.99 Å². The number of aliphatic imine (C=N–C) groups is 1. The molecule has 0 bridgehead atoms. The van der Waals surface area contributed by atoms with Gasteiger partial charge < -0.3 is 14.4 Å². The highest BCUT2D eigenvalue weighted by Gasteiger charge is 2.26. The number of hydrogen-bond donors (Lipinski definition) is 0. The van der Waals surface area contributed by atoms with E-state index in [1.165, 1.54) is 31.0 Å². The molecule has 0 spiro atoms. The monoisotopic (exact) mass is 374 g/mol. The highest BCUT2D eigenvalue weighted by molar-refractivity contribution is 8.18. The van der Waals surface area contributed by atoms with Crippen LogP contribution in [0.5, 0.6) is 11.5 Å². The minimum atomic E-state index is -0.155. The highest BCUT2D eigenvalue weighted by atomic mass is 32.2. The van der Waals surface area contributed by atoms with E-state index in [1.54, 1.807) is 7.11 Å². The van der Waals surface area contributed by atoms with Crippen molar-refractivity contribution in [2.45, 2.75) is 39.0 Å². The first kappa shape index (κ1) is 18.8. The Morgan fingerprint density at radius 1 is 1.23 bits per heavy atom. The molecule has 2 heterocycles.